The first kappa shape index (κ1) is 14.9. The predicted octanol–water partition coefficient (Wildman–Crippen LogP) is 4.89. The van der Waals surface area contributed by atoms with Crippen molar-refractivity contribution in [3.63, 3.8) is 0 Å². The molecule has 3 aromatic carbocycles. The molecule has 2 nitrogen and oxygen atoms in total. The van der Waals surface area contributed by atoms with E-state index in [1.54, 1.807) is 0 Å². The van der Waals surface area contributed by atoms with Crippen molar-refractivity contribution in [1.82, 2.24) is 4.90 Å². The highest BCUT2D eigenvalue weighted by Crippen LogP contribution is 2.43. The normalized spacial score (nSPS) is 12.1. The number of benzene rings is 3. The van der Waals surface area contributed by atoms with Crippen molar-refractivity contribution in [2.75, 3.05) is 13.1 Å². The summed E-state index contributed by atoms with van der Waals surface area (Å²) in [6.45, 7) is 5.55. The second-order valence-electron chi connectivity index (χ2n) is 6.31. The highest BCUT2D eigenvalue weighted by Gasteiger charge is 2.27. The summed E-state index contributed by atoms with van der Waals surface area (Å²) in [6.07, 6.45) is 0.908. The van der Waals surface area contributed by atoms with Crippen LogP contribution in [-0.4, -0.2) is 23.9 Å². The average Bonchev–Trinajstić information content (AvgIpc) is 3.02. The third-order valence-corrected chi connectivity index (χ3v) is 5.09. The first-order valence-corrected chi connectivity index (χ1v) is 8.66. The number of hydrogen-bond acceptors (Lipinski definition) is 1. The molecule has 0 spiro atoms. The molecule has 1 amide bonds. The number of fused-ring (bicyclic) bond motifs is 5. The van der Waals surface area contributed by atoms with E-state index in [9.17, 15) is 4.79 Å². The molecule has 1 aliphatic rings. The largest absolute Gasteiger partial charge is 0.339 e. The van der Waals surface area contributed by atoms with Gasteiger partial charge in [-0.1, -0.05) is 48.5 Å². The quantitative estimate of drug-likeness (QED) is 0.527. The fourth-order valence-electron chi connectivity index (χ4n) is 3.87. The summed E-state index contributed by atoms with van der Waals surface area (Å²) in [4.78, 5) is 15.1. The van der Waals surface area contributed by atoms with Crippen LogP contribution in [0, 0.1) is 0 Å². The van der Waals surface area contributed by atoms with Gasteiger partial charge in [0.25, 0.3) is 5.91 Å². The molecule has 3 aromatic rings. The summed E-state index contributed by atoms with van der Waals surface area (Å²) < 4.78 is 0. The van der Waals surface area contributed by atoms with Crippen LogP contribution in [0.15, 0.2) is 54.6 Å². The molecular weight excluding hydrogens is 294 g/mol. The van der Waals surface area contributed by atoms with Gasteiger partial charge in [0.05, 0.1) is 0 Å². The van der Waals surface area contributed by atoms with Crippen molar-refractivity contribution in [2.24, 2.45) is 0 Å². The molecule has 0 radical (unpaired) electrons. The van der Waals surface area contributed by atoms with Crippen molar-refractivity contribution in [3.05, 3.63) is 71.3 Å². The van der Waals surface area contributed by atoms with Gasteiger partial charge in [-0.2, -0.15) is 0 Å². The number of carbonyl (C=O) groups excluding carboxylic acids is 1. The van der Waals surface area contributed by atoms with Gasteiger partial charge in [0.15, 0.2) is 0 Å². The van der Waals surface area contributed by atoms with Crippen LogP contribution in [0.1, 0.15) is 35.3 Å². The highest BCUT2D eigenvalue weighted by molar-refractivity contribution is 6.09. The molecule has 4 rings (SSSR count). The molecule has 2 heteroatoms. The Morgan fingerprint density at radius 1 is 1.00 bits per heavy atom. The van der Waals surface area contributed by atoms with Crippen LogP contribution < -0.4 is 0 Å². The van der Waals surface area contributed by atoms with Crippen molar-refractivity contribution in [3.8, 4) is 11.1 Å². The average molecular weight is 315 g/mol. The van der Waals surface area contributed by atoms with E-state index in [4.69, 9.17) is 0 Å². The summed E-state index contributed by atoms with van der Waals surface area (Å²) in [5.74, 6) is 0.138. The molecule has 24 heavy (non-hydrogen) atoms. The van der Waals surface area contributed by atoms with E-state index in [0.717, 1.165) is 36.0 Å². The topological polar surface area (TPSA) is 20.3 Å². The van der Waals surface area contributed by atoms with Crippen LogP contribution >= 0.6 is 0 Å². The van der Waals surface area contributed by atoms with Crippen molar-refractivity contribution in [1.29, 1.82) is 0 Å². The standard InChI is InChI=1S/C22H21NO/c1-3-23(4-2)22(24)20-14-15-9-5-7-11-17(15)19-13-16-10-6-8-12-18(16)21(19)20/h5-12,14H,3-4,13H2,1-2H3. The summed E-state index contributed by atoms with van der Waals surface area (Å²) in [5.41, 5.74) is 5.81. The lowest BCUT2D eigenvalue weighted by atomic mass is 9.93. The third-order valence-electron chi connectivity index (χ3n) is 5.09. The Morgan fingerprint density at radius 3 is 2.50 bits per heavy atom. The minimum atomic E-state index is 0.138. The zero-order valence-electron chi connectivity index (χ0n) is 14.2. The minimum absolute atomic E-state index is 0.138. The van der Waals surface area contributed by atoms with E-state index >= 15 is 0 Å². The molecular formula is C22H21NO. The SMILES string of the molecule is CCN(CC)C(=O)c1cc2ccccc2c2c1-c1ccccc1C2. The molecule has 0 saturated carbocycles. The second-order valence-corrected chi connectivity index (χ2v) is 6.31. The smallest absolute Gasteiger partial charge is 0.254 e. The van der Waals surface area contributed by atoms with E-state index < -0.39 is 0 Å². The van der Waals surface area contributed by atoms with Gasteiger partial charge in [-0.15, -0.1) is 0 Å². The Balaban J connectivity index is 2.03. The molecule has 0 fully saturated rings. The molecule has 0 heterocycles. The van der Waals surface area contributed by atoms with Crippen LogP contribution in [0.25, 0.3) is 21.9 Å². The lowest BCUT2D eigenvalue weighted by molar-refractivity contribution is 0.0774. The lowest BCUT2D eigenvalue weighted by Gasteiger charge is -2.21. The van der Waals surface area contributed by atoms with Crippen molar-refractivity contribution < 1.29 is 4.79 Å². The molecule has 0 bridgehead atoms. The Hall–Kier alpha value is -2.61. The number of nitrogens with zero attached hydrogens (tertiary/aromatic N) is 1. The van der Waals surface area contributed by atoms with Crippen molar-refractivity contribution in [2.45, 2.75) is 20.3 Å². The van der Waals surface area contributed by atoms with Gasteiger partial charge in [0.1, 0.15) is 0 Å². The molecule has 120 valence electrons. The van der Waals surface area contributed by atoms with E-state index in [-0.39, 0.29) is 5.91 Å². The Bertz CT molecular complexity index is 938. The van der Waals surface area contributed by atoms with Gasteiger partial charge < -0.3 is 4.90 Å². The van der Waals surface area contributed by atoms with E-state index in [2.05, 4.69) is 48.5 Å². The van der Waals surface area contributed by atoms with Gasteiger partial charge in [-0.25, -0.2) is 0 Å². The summed E-state index contributed by atoms with van der Waals surface area (Å²) in [6, 6.07) is 19.0. The van der Waals surface area contributed by atoms with E-state index in [1.165, 1.54) is 22.1 Å². The Morgan fingerprint density at radius 2 is 1.71 bits per heavy atom. The fourth-order valence-corrected chi connectivity index (χ4v) is 3.87. The number of carbonyl (C=O) groups is 1. The van der Waals surface area contributed by atoms with Gasteiger partial charge in [-0.3, -0.25) is 4.79 Å². The molecule has 1 aliphatic carbocycles. The first-order valence-electron chi connectivity index (χ1n) is 8.66. The third kappa shape index (κ3) is 2.14. The first-order chi connectivity index (χ1) is 11.7. The second kappa shape index (κ2) is 5.79. The Labute approximate surface area is 142 Å². The molecule has 0 aliphatic heterocycles. The van der Waals surface area contributed by atoms with Gasteiger partial charge >= 0.3 is 0 Å². The minimum Gasteiger partial charge on any atom is -0.339 e. The zero-order valence-corrected chi connectivity index (χ0v) is 14.2. The van der Waals surface area contributed by atoms with Gasteiger partial charge in [-0.05, 0) is 59.4 Å². The molecule has 0 aromatic heterocycles. The van der Waals surface area contributed by atoms with Crippen LogP contribution in [0.3, 0.4) is 0 Å². The monoisotopic (exact) mass is 315 g/mol. The van der Waals surface area contributed by atoms with Gasteiger partial charge in [0, 0.05) is 18.7 Å². The molecule has 0 unspecified atom stereocenters. The van der Waals surface area contributed by atoms with Crippen LogP contribution in [0.5, 0.6) is 0 Å². The van der Waals surface area contributed by atoms with Gasteiger partial charge in [0.2, 0.25) is 0 Å². The fraction of sp³-hybridized carbons (Fsp3) is 0.227. The zero-order chi connectivity index (χ0) is 16.7. The predicted molar refractivity (Wildman–Crippen MR) is 99.4 cm³/mol. The number of amides is 1. The van der Waals surface area contributed by atoms with Crippen LogP contribution in [-0.2, 0) is 6.42 Å². The maximum absolute atomic E-state index is 13.1. The Kier molecular flexibility index (Phi) is 3.61. The maximum atomic E-state index is 13.1. The van der Waals surface area contributed by atoms with Crippen LogP contribution in [0.4, 0.5) is 0 Å². The lowest BCUT2D eigenvalue weighted by Crippen LogP contribution is -2.30. The summed E-state index contributed by atoms with van der Waals surface area (Å²) in [7, 11) is 0. The molecule has 0 saturated heterocycles. The maximum Gasteiger partial charge on any atom is 0.254 e. The van der Waals surface area contributed by atoms with E-state index in [0.29, 0.717) is 0 Å². The molecule has 0 N–H and O–H groups in total. The van der Waals surface area contributed by atoms with Crippen molar-refractivity contribution >= 4 is 16.7 Å². The van der Waals surface area contributed by atoms with E-state index in [1.807, 2.05) is 24.8 Å². The summed E-state index contributed by atoms with van der Waals surface area (Å²) in [5, 5.41) is 2.42. The molecule has 0 atom stereocenters. The number of rotatable bonds is 3. The van der Waals surface area contributed by atoms with Crippen LogP contribution in [0.2, 0.25) is 0 Å². The summed E-state index contributed by atoms with van der Waals surface area (Å²) >= 11 is 0. The number of hydrogen-bond donors (Lipinski definition) is 0. The highest BCUT2D eigenvalue weighted by atomic mass is 16.2.